The molecular formula is C23H25ClN4O2. The third kappa shape index (κ3) is 5.48. The zero-order chi connectivity index (χ0) is 21.7. The first-order chi connectivity index (χ1) is 14.3. The summed E-state index contributed by atoms with van der Waals surface area (Å²) in [5.41, 5.74) is 2.86. The van der Waals surface area contributed by atoms with Crippen molar-refractivity contribution in [3.63, 3.8) is 0 Å². The van der Waals surface area contributed by atoms with Crippen LogP contribution < -0.4 is 5.32 Å². The standard InChI is InChI=1S/C23H25ClN4O2/c1-16(2)25-21(29)15-27(3)23(30)20-14-28(13-17-7-5-4-6-8-17)26-22(20)18-9-11-19(24)12-10-18/h4-12,14,16H,13,15H2,1-3H3,(H,25,29). The van der Waals surface area contributed by atoms with E-state index in [1.165, 1.54) is 4.90 Å². The summed E-state index contributed by atoms with van der Waals surface area (Å²) in [5.74, 6) is -0.469. The molecule has 0 saturated heterocycles. The van der Waals surface area contributed by atoms with Gasteiger partial charge in [-0.1, -0.05) is 54.1 Å². The van der Waals surface area contributed by atoms with Gasteiger partial charge in [-0.15, -0.1) is 0 Å². The molecular weight excluding hydrogens is 400 g/mol. The summed E-state index contributed by atoms with van der Waals surface area (Å²) in [6.45, 7) is 4.27. The second kappa shape index (κ2) is 9.59. The van der Waals surface area contributed by atoms with Gasteiger partial charge in [0, 0.05) is 29.9 Å². The van der Waals surface area contributed by atoms with Gasteiger partial charge in [-0.2, -0.15) is 5.10 Å². The Hall–Kier alpha value is -3.12. The van der Waals surface area contributed by atoms with E-state index in [0.29, 0.717) is 22.8 Å². The van der Waals surface area contributed by atoms with Gasteiger partial charge in [-0.25, -0.2) is 0 Å². The van der Waals surface area contributed by atoms with Gasteiger partial charge in [-0.3, -0.25) is 14.3 Å². The smallest absolute Gasteiger partial charge is 0.257 e. The molecule has 0 atom stereocenters. The molecule has 0 unspecified atom stereocenters. The molecule has 3 rings (SSSR count). The summed E-state index contributed by atoms with van der Waals surface area (Å²) in [6, 6.07) is 17.1. The van der Waals surface area contributed by atoms with Crippen molar-refractivity contribution in [3.8, 4) is 11.3 Å². The van der Waals surface area contributed by atoms with Crippen LogP contribution >= 0.6 is 11.6 Å². The molecule has 0 bridgehead atoms. The number of aromatic nitrogens is 2. The molecule has 0 saturated carbocycles. The molecule has 2 aromatic carbocycles. The first-order valence-electron chi connectivity index (χ1n) is 9.75. The van der Waals surface area contributed by atoms with Crippen LogP contribution in [0.3, 0.4) is 0 Å². The Labute approximate surface area is 181 Å². The highest BCUT2D eigenvalue weighted by atomic mass is 35.5. The third-order valence-electron chi connectivity index (χ3n) is 4.47. The number of carbonyl (C=O) groups is 2. The number of hydrogen-bond acceptors (Lipinski definition) is 3. The van der Waals surface area contributed by atoms with Crippen molar-refractivity contribution >= 4 is 23.4 Å². The van der Waals surface area contributed by atoms with Gasteiger partial charge in [0.25, 0.3) is 5.91 Å². The number of nitrogens with one attached hydrogen (secondary N) is 1. The summed E-state index contributed by atoms with van der Waals surface area (Å²) < 4.78 is 1.74. The maximum atomic E-state index is 13.2. The molecule has 1 heterocycles. The molecule has 0 aliphatic carbocycles. The molecule has 1 N–H and O–H groups in total. The fourth-order valence-corrected chi connectivity index (χ4v) is 3.24. The minimum Gasteiger partial charge on any atom is -0.352 e. The Morgan fingerprint density at radius 3 is 2.40 bits per heavy atom. The zero-order valence-corrected chi connectivity index (χ0v) is 18.1. The van der Waals surface area contributed by atoms with Gasteiger partial charge in [0.1, 0.15) is 5.69 Å². The lowest BCUT2D eigenvalue weighted by Gasteiger charge is -2.17. The lowest BCUT2D eigenvalue weighted by molar-refractivity contribution is -0.122. The highest BCUT2D eigenvalue weighted by molar-refractivity contribution is 6.30. The third-order valence-corrected chi connectivity index (χ3v) is 4.73. The van der Waals surface area contributed by atoms with E-state index in [9.17, 15) is 9.59 Å². The van der Waals surface area contributed by atoms with Crippen LogP contribution in [0.1, 0.15) is 29.8 Å². The molecule has 156 valence electrons. The molecule has 6 nitrogen and oxygen atoms in total. The first-order valence-corrected chi connectivity index (χ1v) is 10.1. The highest BCUT2D eigenvalue weighted by Crippen LogP contribution is 2.25. The van der Waals surface area contributed by atoms with Crippen LogP contribution in [0, 0.1) is 0 Å². The molecule has 0 aliphatic heterocycles. The van der Waals surface area contributed by atoms with Crippen molar-refractivity contribution in [2.75, 3.05) is 13.6 Å². The summed E-state index contributed by atoms with van der Waals surface area (Å²) in [7, 11) is 1.61. The largest absolute Gasteiger partial charge is 0.352 e. The van der Waals surface area contributed by atoms with Crippen molar-refractivity contribution in [1.29, 1.82) is 0 Å². The summed E-state index contributed by atoms with van der Waals surface area (Å²) in [4.78, 5) is 26.7. The molecule has 0 spiro atoms. The van der Waals surface area contributed by atoms with Crippen LogP contribution in [0.15, 0.2) is 60.8 Å². The van der Waals surface area contributed by atoms with Crippen molar-refractivity contribution < 1.29 is 9.59 Å². The minimum absolute atomic E-state index is 0.0132. The van der Waals surface area contributed by atoms with E-state index in [-0.39, 0.29) is 24.4 Å². The minimum atomic E-state index is -0.266. The van der Waals surface area contributed by atoms with Crippen molar-refractivity contribution in [3.05, 3.63) is 76.9 Å². The molecule has 2 amide bonds. The number of carbonyl (C=O) groups excluding carboxylic acids is 2. The van der Waals surface area contributed by atoms with E-state index in [1.54, 1.807) is 30.1 Å². The van der Waals surface area contributed by atoms with E-state index >= 15 is 0 Å². The number of halogens is 1. The van der Waals surface area contributed by atoms with Crippen LogP contribution in [0.2, 0.25) is 5.02 Å². The number of rotatable bonds is 7. The topological polar surface area (TPSA) is 67.2 Å². The zero-order valence-electron chi connectivity index (χ0n) is 17.3. The second-order valence-electron chi connectivity index (χ2n) is 7.46. The van der Waals surface area contributed by atoms with Crippen LogP contribution in [0.5, 0.6) is 0 Å². The summed E-state index contributed by atoms with van der Waals surface area (Å²) in [5, 5.41) is 8.07. The average Bonchev–Trinajstić information content (AvgIpc) is 3.11. The van der Waals surface area contributed by atoms with Gasteiger partial charge in [0.2, 0.25) is 5.91 Å². The van der Waals surface area contributed by atoms with Crippen LogP contribution in [-0.2, 0) is 11.3 Å². The number of nitrogens with zero attached hydrogens (tertiary/aromatic N) is 3. The Kier molecular flexibility index (Phi) is 6.90. The number of amides is 2. The quantitative estimate of drug-likeness (QED) is 0.626. The van der Waals surface area contributed by atoms with E-state index in [2.05, 4.69) is 10.4 Å². The van der Waals surface area contributed by atoms with Gasteiger partial charge in [0.15, 0.2) is 0 Å². The molecule has 0 fully saturated rings. The van der Waals surface area contributed by atoms with Crippen molar-refractivity contribution in [2.24, 2.45) is 0 Å². The molecule has 0 aliphatic rings. The Morgan fingerprint density at radius 1 is 1.10 bits per heavy atom. The van der Waals surface area contributed by atoms with Gasteiger partial charge in [-0.05, 0) is 31.5 Å². The van der Waals surface area contributed by atoms with E-state index in [0.717, 1.165) is 11.1 Å². The Morgan fingerprint density at radius 2 is 1.77 bits per heavy atom. The predicted octanol–water partition coefficient (Wildman–Crippen LogP) is 3.85. The fourth-order valence-electron chi connectivity index (χ4n) is 3.11. The van der Waals surface area contributed by atoms with E-state index < -0.39 is 0 Å². The molecule has 1 aromatic heterocycles. The lowest BCUT2D eigenvalue weighted by Crippen LogP contribution is -2.40. The maximum absolute atomic E-state index is 13.2. The van der Waals surface area contributed by atoms with Crippen molar-refractivity contribution in [1.82, 2.24) is 20.0 Å². The van der Waals surface area contributed by atoms with Crippen LogP contribution in [-0.4, -0.2) is 46.1 Å². The number of hydrogen-bond donors (Lipinski definition) is 1. The average molecular weight is 425 g/mol. The molecule has 0 radical (unpaired) electrons. The first kappa shape index (κ1) is 21.6. The normalized spacial score (nSPS) is 10.8. The van der Waals surface area contributed by atoms with Gasteiger partial charge in [0.05, 0.1) is 18.7 Å². The number of likely N-dealkylation sites (N-methyl/N-ethyl adjacent to an activating group) is 1. The maximum Gasteiger partial charge on any atom is 0.257 e. The van der Waals surface area contributed by atoms with Gasteiger partial charge < -0.3 is 10.2 Å². The number of benzene rings is 2. The molecule has 7 heteroatoms. The van der Waals surface area contributed by atoms with Crippen LogP contribution in [0.4, 0.5) is 0 Å². The van der Waals surface area contributed by atoms with Crippen molar-refractivity contribution in [2.45, 2.75) is 26.4 Å². The van der Waals surface area contributed by atoms with Crippen LogP contribution in [0.25, 0.3) is 11.3 Å². The van der Waals surface area contributed by atoms with Gasteiger partial charge >= 0.3 is 0 Å². The predicted molar refractivity (Wildman–Crippen MR) is 118 cm³/mol. The van der Waals surface area contributed by atoms with E-state index in [4.69, 9.17) is 11.6 Å². The highest BCUT2D eigenvalue weighted by Gasteiger charge is 2.22. The SMILES string of the molecule is CC(C)NC(=O)CN(C)C(=O)c1cn(Cc2ccccc2)nc1-c1ccc(Cl)cc1. The second-order valence-corrected chi connectivity index (χ2v) is 7.90. The van der Waals surface area contributed by atoms with E-state index in [1.807, 2.05) is 56.3 Å². The Bertz CT molecular complexity index is 1010. The Balaban J connectivity index is 1.91. The lowest BCUT2D eigenvalue weighted by atomic mass is 10.1. The monoisotopic (exact) mass is 424 g/mol. The summed E-state index contributed by atoms with van der Waals surface area (Å²) in [6.07, 6.45) is 1.73. The molecule has 30 heavy (non-hydrogen) atoms. The summed E-state index contributed by atoms with van der Waals surface area (Å²) >= 11 is 6.02. The fraction of sp³-hybridized carbons (Fsp3) is 0.261. The molecule has 3 aromatic rings.